The summed E-state index contributed by atoms with van der Waals surface area (Å²) in [6.45, 7) is 0. The summed E-state index contributed by atoms with van der Waals surface area (Å²) in [5, 5.41) is 9.14. The van der Waals surface area contributed by atoms with E-state index in [1.54, 1.807) is 6.07 Å². The van der Waals surface area contributed by atoms with Gasteiger partial charge in [-0.25, -0.2) is 13.1 Å². The molecule has 0 aromatic heterocycles. The number of sulfonamides is 1. The van der Waals surface area contributed by atoms with E-state index in [9.17, 15) is 8.42 Å². The van der Waals surface area contributed by atoms with Gasteiger partial charge in [-0.05, 0) is 31.0 Å². The Labute approximate surface area is 125 Å². The van der Waals surface area contributed by atoms with Crippen LogP contribution in [0.15, 0.2) is 27.6 Å². The van der Waals surface area contributed by atoms with Crippen LogP contribution in [0.4, 0.5) is 0 Å². The van der Waals surface area contributed by atoms with Crippen molar-refractivity contribution in [3.8, 4) is 6.07 Å². The van der Waals surface area contributed by atoms with Gasteiger partial charge in [0, 0.05) is 10.5 Å². The van der Waals surface area contributed by atoms with Crippen molar-refractivity contribution in [3.63, 3.8) is 0 Å². The maximum absolute atomic E-state index is 12.3. The highest BCUT2D eigenvalue weighted by molar-refractivity contribution is 9.10. The van der Waals surface area contributed by atoms with Crippen molar-refractivity contribution in [3.05, 3.63) is 27.7 Å². The molecule has 4 nitrogen and oxygen atoms in total. The Hall–Kier alpha value is -0.610. The Morgan fingerprint density at radius 2 is 2.16 bits per heavy atom. The number of nitrogens with zero attached hydrogens (tertiary/aromatic N) is 1. The van der Waals surface area contributed by atoms with Crippen molar-refractivity contribution in [2.75, 3.05) is 0 Å². The fraction of sp³-hybridized carbons (Fsp3) is 0.417. The smallest absolute Gasteiger partial charge is 0.207 e. The molecule has 0 spiro atoms. The van der Waals surface area contributed by atoms with Gasteiger partial charge in [-0.3, -0.25) is 0 Å². The maximum atomic E-state index is 12.3. The lowest BCUT2D eigenvalue weighted by atomic mass is 10.1. The fourth-order valence-corrected chi connectivity index (χ4v) is 4.56. The van der Waals surface area contributed by atoms with Gasteiger partial charge in [-0.15, -0.1) is 0 Å². The van der Waals surface area contributed by atoms with Crippen molar-refractivity contribution in [1.82, 2.24) is 4.72 Å². The topological polar surface area (TPSA) is 70.0 Å². The number of hydrogen-bond acceptors (Lipinski definition) is 3. The Balaban J connectivity index is 2.26. The zero-order valence-corrected chi connectivity index (χ0v) is 13.1. The minimum absolute atomic E-state index is 0.0426. The molecule has 0 amide bonds. The summed E-state index contributed by atoms with van der Waals surface area (Å²) in [5.74, 6) is -0.260. The lowest BCUT2D eigenvalue weighted by Gasteiger charge is -2.16. The number of nitrogens with one attached hydrogen (secondary N) is 1. The Bertz CT molecular complexity index is 627. The summed E-state index contributed by atoms with van der Waals surface area (Å²) in [6, 6.07) is 6.43. The van der Waals surface area contributed by atoms with Crippen molar-refractivity contribution >= 4 is 37.6 Å². The first-order valence-electron chi connectivity index (χ1n) is 5.81. The molecule has 1 aromatic rings. The third kappa shape index (κ3) is 3.29. The van der Waals surface area contributed by atoms with Crippen LogP contribution < -0.4 is 4.72 Å². The molecule has 1 aromatic carbocycles. The molecule has 2 unspecified atom stereocenters. The number of halogens is 2. The molecule has 0 saturated heterocycles. The predicted octanol–water partition coefficient (Wildman–Crippen LogP) is 3.07. The molecule has 1 fully saturated rings. The Morgan fingerprint density at radius 3 is 2.79 bits per heavy atom. The fourth-order valence-electron chi connectivity index (χ4n) is 2.21. The van der Waals surface area contributed by atoms with E-state index < -0.39 is 10.0 Å². The second-order valence-corrected chi connectivity index (χ2v) is 7.47. The monoisotopic (exact) mass is 362 g/mol. The van der Waals surface area contributed by atoms with Crippen LogP contribution in [0.1, 0.15) is 19.3 Å². The van der Waals surface area contributed by atoms with Gasteiger partial charge in [0.2, 0.25) is 10.0 Å². The second kappa shape index (κ2) is 5.80. The van der Waals surface area contributed by atoms with E-state index in [1.165, 1.54) is 12.1 Å². The highest BCUT2D eigenvalue weighted by Crippen LogP contribution is 2.29. The van der Waals surface area contributed by atoms with Gasteiger partial charge in [0.05, 0.1) is 17.0 Å². The molecule has 1 aliphatic carbocycles. The van der Waals surface area contributed by atoms with E-state index in [0.29, 0.717) is 10.9 Å². The summed E-state index contributed by atoms with van der Waals surface area (Å²) in [4.78, 5) is 0.0426. The molecule has 102 valence electrons. The average Bonchev–Trinajstić information content (AvgIpc) is 2.74. The highest BCUT2D eigenvalue weighted by atomic mass is 79.9. The maximum Gasteiger partial charge on any atom is 0.242 e. The van der Waals surface area contributed by atoms with E-state index in [0.717, 1.165) is 12.8 Å². The van der Waals surface area contributed by atoms with Crippen LogP contribution in [0.25, 0.3) is 0 Å². The van der Waals surface area contributed by atoms with Gasteiger partial charge in [0.1, 0.15) is 4.90 Å². The van der Waals surface area contributed by atoms with Crippen LogP contribution in [-0.4, -0.2) is 14.5 Å². The molecule has 19 heavy (non-hydrogen) atoms. The molecule has 0 radical (unpaired) electrons. The zero-order valence-electron chi connectivity index (χ0n) is 9.94. The average molecular weight is 364 g/mol. The van der Waals surface area contributed by atoms with Crippen LogP contribution in [0, 0.1) is 17.2 Å². The summed E-state index contributed by atoms with van der Waals surface area (Å²) >= 11 is 9.18. The molecule has 7 heteroatoms. The van der Waals surface area contributed by atoms with Crippen molar-refractivity contribution in [1.29, 1.82) is 5.26 Å². The van der Waals surface area contributed by atoms with E-state index >= 15 is 0 Å². The minimum atomic E-state index is -3.69. The SMILES string of the molecule is N#CC1CCCC1NS(=O)(=O)c1ccc(Br)cc1Cl. The summed E-state index contributed by atoms with van der Waals surface area (Å²) in [7, 11) is -3.69. The van der Waals surface area contributed by atoms with Gasteiger partial charge in [0.25, 0.3) is 0 Å². The van der Waals surface area contributed by atoms with Crippen LogP contribution >= 0.6 is 27.5 Å². The van der Waals surface area contributed by atoms with Crippen LogP contribution in [0.5, 0.6) is 0 Å². The third-order valence-corrected chi connectivity index (χ3v) is 5.64. The lowest BCUT2D eigenvalue weighted by Crippen LogP contribution is -2.37. The van der Waals surface area contributed by atoms with Crippen LogP contribution in [0.2, 0.25) is 5.02 Å². The van der Waals surface area contributed by atoms with Crippen LogP contribution in [0.3, 0.4) is 0 Å². The molecule has 1 aliphatic rings. The molecule has 0 aliphatic heterocycles. The Morgan fingerprint density at radius 1 is 1.42 bits per heavy atom. The van der Waals surface area contributed by atoms with E-state index in [1.807, 2.05) is 0 Å². The van der Waals surface area contributed by atoms with Crippen molar-refractivity contribution in [2.24, 2.45) is 5.92 Å². The largest absolute Gasteiger partial charge is 0.242 e. The number of hydrogen-bond donors (Lipinski definition) is 1. The predicted molar refractivity (Wildman–Crippen MR) is 76.2 cm³/mol. The summed E-state index contributed by atoms with van der Waals surface area (Å²) < 4.78 is 27.8. The standard InChI is InChI=1S/C12H12BrClN2O2S/c13-9-4-5-12(10(14)6-9)19(17,18)16-11-3-1-2-8(11)7-15/h4-6,8,11,16H,1-3H2. The van der Waals surface area contributed by atoms with E-state index in [2.05, 4.69) is 26.7 Å². The van der Waals surface area contributed by atoms with Crippen LogP contribution in [-0.2, 0) is 10.0 Å². The van der Waals surface area contributed by atoms with Gasteiger partial charge in [-0.2, -0.15) is 5.26 Å². The first kappa shape index (κ1) is 14.8. The van der Waals surface area contributed by atoms with Gasteiger partial charge in [0.15, 0.2) is 0 Å². The van der Waals surface area contributed by atoms with Gasteiger partial charge < -0.3 is 0 Å². The molecular weight excluding hydrogens is 352 g/mol. The minimum Gasteiger partial charge on any atom is -0.207 e. The van der Waals surface area contributed by atoms with Crippen molar-refractivity contribution in [2.45, 2.75) is 30.2 Å². The zero-order chi connectivity index (χ0) is 14.0. The lowest BCUT2D eigenvalue weighted by molar-refractivity contribution is 0.515. The first-order valence-corrected chi connectivity index (χ1v) is 8.46. The summed E-state index contributed by atoms with van der Waals surface area (Å²) in [6.07, 6.45) is 2.28. The molecular formula is C12H12BrClN2O2S. The summed E-state index contributed by atoms with van der Waals surface area (Å²) in [5.41, 5.74) is 0. The first-order chi connectivity index (χ1) is 8.94. The van der Waals surface area contributed by atoms with E-state index in [-0.39, 0.29) is 21.9 Å². The quantitative estimate of drug-likeness (QED) is 0.897. The Kier molecular flexibility index (Phi) is 4.51. The molecule has 1 saturated carbocycles. The van der Waals surface area contributed by atoms with Gasteiger partial charge >= 0.3 is 0 Å². The highest BCUT2D eigenvalue weighted by Gasteiger charge is 2.31. The normalized spacial score (nSPS) is 23.2. The second-order valence-electron chi connectivity index (χ2n) is 4.47. The molecule has 2 atom stereocenters. The van der Waals surface area contributed by atoms with Gasteiger partial charge in [-0.1, -0.05) is 34.0 Å². The number of nitriles is 1. The number of rotatable bonds is 3. The molecule has 1 N–H and O–H groups in total. The molecule has 0 heterocycles. The van der Waals surface area contributed by atoms with E-state index in [4.69, 9.17) is 16.9 Å². The third-order valence-electron chi connectivity index (χ3n) is 3.17. The van der Waals surface area contributed by atoms with Crippen molar-refractivity contribution < 1.29 is 8.42 Å². The number of benzene rings is 1. The molecule has 0 bridgehead atoms. The molecule has 2 rings (SSSR count).